The fourth-order valence-electron chi connectivity index (χ4n) is 7.44. The largest absolute Gasteiger partial charge is 0.386 e. The van der Waals surface area contributed by atoms with Crippen molar-refractivity contribution in [1.82, 2.24) is 29.6 Å². The van der Waals surface area contributed by atoms with Crippen LogP contribution in [0.4, 0.5) is 11.4 Å². The van der Waals surface area contributed by atoms with Crippen molar-refractivity contribution < 1.29 is 9.90 Å². The lowest BCUT2D eigenvalue weighted by atomic mass is 9.60. The SMILES string of the molecule is [C-]#[N+]c1cnn2c(C(=O)Nc3cc4cn(C56CCC(N7CCNCC7)(CC5)CC6)nc4cc3C(C)(C)O)ccc2c1. The number of piperazine rings is 1. The van der Waals surface area contributed by atoms with E-state index in [-0.39, 0.29) is 11.4 Å². The van der Waals surface area contributed by atoms with Gasteiger partial charge in [-0.05, 0) is 82.7 Å². The summed E-state index contributed by atoms with van der Waals surface area (Å²) in [6.45, 7) is 15.1. The Hall–Kier alpha value is -3.78. The molecule has 1 saturated heterocycles. The molecule has 1 aromatic carbocycles. The van der Waals surface area contributed by atoms with Crippen LogP contribution in [0.25, 0.3) is 21.3 Å². The fraction of sp³-hybridized carbons (Fsp3) is 0.484. The van der Waals surface area contributed by atoms with E-state index in [4.69, 9.17) is 11.7 Å². The topological polar surface area (TPSA) is 104 Å². The Morgan fingerprint density at radius 3 is 2.46 bits per heavy atom. The molecule has 4 heterocycles. The maximum atomic E-state index is 13.4. The minimum absolute atomic E-state index is 0.0216. The summed E-state index contributed by atoms with van der Waals surface area (Å²) in [7, 11) is 0. The summed E-state index contributed by atoms with van der Waals surface area (Å²) in [5.41, 5.74) is 2.58. The number of aliphatic hydroxyl groups is 1. The molecule has 10 nitrogen and oxygen atoms in total. The second-order valence-corrected chi connectivity index (χ2v) is 12.6. The molecule has 3 N–H and O–H groups in total. The van der Waals surface area contributed by atoms with E-state index >= 15 is 0 Å². The third-order valence-corrected chi connectivity index (χ3v) is 9.84. The Bertz CT molecular complexity index is 1670. The summed E-state index contributed by atoms with van der Waals surface area (Å²) >= 11 is 0. The lowest BCUT2D eigenvalue weighted by Crippen LogP contribution is -2.62. The first-order chi connectivity index (χ1) is 19.7. The summed E-state index contributed by atoms with van der Waals surface area (Å²) in [4.78, 5) is 19.6. The quantitative estimate of drug-likeness (QED) is 0.317. The van der Waals surface area contributed by atoms with Gasteiger partial charge in [0.25, 0.3) is 5.91 Å². The minimum Gasteiger partial charge on any atom is -0.386 e. The molecule has 0 atom stereocenters. The van der Waals surface area contributed by atoms with Gasteiger partial charge in [-0.25, -0.2) is 9.36 Å². The fourth-order valence-corrected chi connectivity index (χ4v) is 7.44. The zero-order chi connectivity index (χ0) is 28.4. The number of rotatable bonds is 5. The van der Waals surface area contributed by atoms with Gasteiger partial charge in [0.1, 0.15) is 5.69 Å². The monoisotopic (exact) mass is 552 g/mol. The number of amides is 1. The van der Waals surface area contributed by atoms with Crippen LogP contribution < -0.4 is 10.6 Å². The molecule has 10 heteroatoms. The average Bonchev–Trinajstić information content (AvgIpc) is 3.62. The predicted molar refractivity (Wildman–Crippen MR) is 157 cm³/mol. The molecule has 3 aliphatic carbocycles. The molecule has 41 heavy (non-hydrogen) atoms. The highest BCUT2D eigenvalue weighted by Crippen LogP contribution is 2.53. The van der Waals surface area contributed by atoms with E-state index in [2.05, 4.69) is 36.4 Å². The Labute approximate surface area is 239 Å². The van der Waals surface area contributed by atoms with E-state index in [0.717, 1.165) is 56.3 Å². The van der Waals surface area contributed by atoms with E-state index in [0.29, 0.717) is 33.7 Å². The van der Waals surface area contributed by atoms with E-state index in [9.17, 15) is 9.90 Å². The normalized spacial score (nSPS) is 25.0. The van der Waals surface area contributed by atoms with Gasteiger partial charge in [0, 0.05) is 54.6 Å². The number of nitrogens with zero attached hydrogens (tertiary/aromatic N) is 6. The van der Waals surface area contributed by atoms with Crippen LogP contribution in [0.3, 0.4) is 0 Å². The third kappa shape index (κ3) is 4.31. The predicted octanol–water partition coefficient (Wildman–Crippen LogP) is 4.42. The van der Waals surface area contributed by atoms with Gasteiger partial charge in [-0.1, -0.05) is 0 Å². The van der Waals surface area contributed by atoms with Crippen LogP contribution in [-0.2, 0) is 11.1 Å². The van der Waals surface area contributed by atoms with Crippen molar-refractivity contribution in [3.05, 3.63) is 65.4 Å². The average molecular weight is 553 g/mol. The van der Waals surface area contributed by atoms with E-state index in [1.807, 2.05) is 12.1 Å². The smallest absolute Gasteiger partial charge is 0.274 e. The van der Waals surface area contributed by atoms with Crippen molar-refractivity contribution in [3.63, 3.8) is 0 Å². The number of anilines is 1. The highest BCUT2D eigenvalue weighted by atomic mass is 16.3. The van der Waals surface area contributed by atoms with E-state index < -0.39 is 5.60 Å². The molecule has 0 spiro atoms. The molecule has 4 aromatic rings. The Morgan fingerprint density at radius 2 is 1.78 bits per heavy atom. The first-order valence-electron chi connectivity index (χ1n) is 14.6. The molecular weight excluding hydrogens is 516 g/mol. The molecule has 0 radical (unpaired) electrons. The van der Waals surface area contributed by atoms with Gasteiger partial charge >= 0.3 is 0 Å². The molecule has 8 rings (SSSR count). The number of carbonyl (C=O) groups is 1. The molecule has 4 fully saturated rings. The summed E-state index contributed by atoms with van der Waals surface area (Å²) in [5.74, 6) is -0.340. The second-order valence-electron chi connectivity index (χ2n) is 12.6. The number of nitrogens with one attached hydrogen (secondary N) is 2. The highest BCUT2D eigenvalue weighted by molar-refractivity contribution is 6.05. The van der Waals surface area contributed by atoms with Gasteiger partial charge in [-0.15, -0.1) is 0 Å². The number of fused-ring (bicyclic) bond motifs is 5. The zero-order valence-corrected chi connectivity index (χ0v) is 23.7. The van der Waals surface area contributed by atoms with Crippen LogP contribution in [0.1, 0.15) is 68.4 Å². The number of aromatic nitrogens is 4. The highest BCUT2D eigenvalue weighted by Gasteiger charge is 2.52. The molecule has 0 unspecified atom stereocenters. The summed E-state index contributed by atoms with van der Waals surface area (Å²) in [5, 5.41) is 27.9. The first-order valence-corrected chi connectivity index (χ1v) is 14.6. The van der Waals surface area contributed by atoms with Crippen molar-refractivity contribution in [1.29, 1.82) is 0 Å². The van der Waals surface area contributed by atoms with Crippen LogP contribution in [0.2, 0.25) is 0 Å². The zero-order valence-electron chi connectivity index (χ0n) is 23.7. The van der Waals surface area contributed by atoms with Crippen molar-refractivity contribution >= 4 is 33.7 Å². The van der Waals surface area contributed by atoms with Crippen molar-refractivity contribution in [3.8, 4) is 0 Å². The maximum absolute atomic E-state index is 13.4. The Kier molecular flexibility index (Phi) is 5.98. The van der Waals surface area contributed by atoms with Crippen LogP contribution >= 0.6 is 0 Å². The van der Waals surface area contributed by atoms with Gasteiger partial charge in [0.05, 0.1) is 34.9 Å². The second kappa shape index (κ2) is 9.38. The molecule has 3 aromatic heterocycles. The standard InChI is InChI=1S/C31H36N8O2/c1-29(2,41)24-18-25-21(16-26(24)35-28(40)27-5-4-23-17-22(32-3)19-34-39(23)27)20-38(36-25)31-9-6-30(7-10-31,8-11-31)37-14-12-33-13-15-37/h4-5,16-20,33,41H,6-15H2,1-2H3,(H,35,40). The third-order valence-electron chi connectivity index (χ3n) is 9.84. The Morgan fingerprint density at radius 1 is 1.07 bits per heavy atom. The van der Waals surface area contributed by atoms with Crippen LogP contribution in [0.15, 0.2) is 42.7 Å². The maximum Gasteiger partial charge on any atom is 0.274 e. The van der Waals surface area contributed by atoms with Crippen LogP contribution in [-0.4, -0.2) is 67.0 Å². The van der Waals surface area contributed by atoms with Crippen LogP contribution in [0.5, 0.6) is 0 Å². The van der Waals surface area contributed by atoms with Gasteiger partial charge < -0.3 is 15.7 Å². The number of hydrogen-bond acceptors (Lipinski definition) is 6. The van der Waals surface area contributed by atoms with Crippen molar-refractivity contribution in [2.75, 3.05) is 31.5 Å². The van der Waals surface area contributed by atoms with Crippen molar-refractivity contribution in [2.24, 2.45) is 0 Å². The summed E-state index contributed by atoms with van der Waals surface area (Å²) in [6, 6.07) is 8.99. The van der Waals surface area contributed by atoms with Gasteiger partial charge in [0.2, 0.25) is 5.69 Å². The Balaban J connectivity index is 1.19. The molecule has 1 amide bonds. The number of hydrogen-bond donors (Lipinski definition) is 3. The van der Waals surface area contributed by atoms with Gasteiger partial charge in [0.15, 0.2) is 0 Å². The number of carbonyl (C=O) groups excluding carboxylic acids is 1. The summed E-state index contributed by atoms with van der Waals surface area (Å²) < 4.78 is 3.72. The van der Waals surface area contributed by atoms with Crippen molar-refractivity contribution in [2.45, 2.75) is 69.1 Å². The summed E-state index contributed by atoms with van der Waals surface area (Å²) in [6.07, 6.45) is 10.6. The first kappa shape index (κ1) is 26.1. The van der Waals surface area contributed by atoms with E-state index in [1.165, 1.54) is 30.0 Å². The molecular formula is C31H36N8O2. The minimum atomic E-state index is -1.19. The lowest BCUT2D eigenvalue weighted by Gasteiger charge is -2.58. The molecule has 212 valence electrons. The van der Waals surface area contributed by atoms with E-state index in [1.54, 1.807) is 32.0 Å². The lowest BCUT2D eigenvalue weighted by molar-refractivity contribution is -0.0565. The van der Waals surface area contributed by atoms with Gasteiger partial charge in [-0.2, -0.15) is 10.2 Å². The van der Waals surface area contributed by atoms with Crippen LogP contribution in [0, 0.1) is 6.57 Å². The van der Waals surface area contributed by atoms with Gasteiger partial charge in [-0.3, -0.25) is 14.4 Å². The molecule has 2 bridgehead atoms. The molecule has 1 aliphatic heterocycles. The molecule has 4 aliphatic rings. The number of benzene rings is 1. The molecule has 3 saturated carbocycles.